The van der Waals surface area contributed by atoms with Gasteiger partial charge in [-0.3, -0.25) is 20.1 Å². The summed E-state index contributed by atoms with van der Waals surface area (Å²) >= 11 is 0.940. The van der Waals surface area contributed by atoms with Crippen LogP contribution in [0.1, 0.15) is 6.92 Å². The second kappa shape index (κ2) is 11.1. The number of para-hydroxylation sites is 3. The minimum Gasteiger partial charge on any atom is -0.461 e. The summed E-state index contributed by atoms with van der Waals surface area (Å²) in [4.78, 5) is 23.5. The van der Waals surface area contributed by atoms with Crippen LogP contribution in [0.3, 0.4) is 0 Å². The first-order valence-electron chi connectivity index (χ1n) is 10.6. The number of hydrogen-bond donors (Lipinski definition) is 1. The molecule has 0 saturated carbocycles. The van der Waals surface area contributed by atoms with Crippen molar-refractivity contribution in [2.75, 3.05) is 12.0 Å². The summed E-state index contributed by atoms with van der Waals surface area (Å²) in [5.41, 5.74) is 4.20. The largest absolute Gasteiger partial charge is 0.461 e. The zero-order chi connectivity index (χ0) is 24.6. The van der Waals surface area contributed by atoms with Crippen molar-refractivity contribution >= 4 is 34.1 Å². The average molecular weight is 489 g/mol. The summed E-state index contributed by atoms with van der Waals surface area (Å²) < 4.78 is 6.96. The SMILES string of the molecule is CCOC(=O)/C(=N\Nc1ccccc1[N+](=O)[O-])Sc1nnc(-c2ccccc2)n1-c1ccccc1. The third-order valence-electron chi connectivity index (χ3n) is 4.70. The Morgan fingerprint density at radius 2 is 1.69 bits per heavy atom. The van der Waals surface area contributed by atoms with E-state index in [2.05, 4.69) is 20.7 Å². The van der Waals surface area contributed by atoms with E-state index in [1.807, 2.05) is 60.7 Å². The molecule has 10 nitrogen and oxygen atoms in total. The van der Waals surface area contributed by atoms with Crippen molar-refractivity contribution in [3.63, 3.8) is 0 Å². The number of thioether (sulfide) groups is 1. The van der Waals surface area contributed by atoms with Gasteiger partial charge in [-0.25, -0.2) is 4.79 Å². The van der Waals surface area contributed by atoms with Crippen molar-refractivity contribution in [2.45, 2.75) is 12.1 Å². The lowest BCUT2D eigenvalue weighted by atomic mass is 10.2. The smallest absolute Gasteiger partial charge is 0.365 e. The molecule has 0 radical (unpaired) electrons. The van der Waals surface area contributed by atoms with E-state index in [1.165, 1.54) is 12.1 Å². The molecule has 0 atom stereocenters. The molecular weight excluding hydrogens is 468 g/mol. The topological polar surface area (TPSA) is 125 Å². The second-order valence-corrected chi connectivity index (χ2v) is 7.92. The van der Waals surface area contributed by atoms with E-state index < -0.39 is 10.9 Å². The van der Waals surface area contributed by atoms with Crippen LogP contribution in [0.2, 0.25) is 0 Å². The van der Waals surface area contributed by atoms with E-state index in [0.29, 0.717) is 11.0 Å². The Morgan fingerprint density at radius 3 is 2.37 bits per heavy atom. The van der Waals surface area contributed by atoms with Crippen LogP contribution in [0.5, 0.6) is 0 Å². The molecule has 0 aliphatic carbocycles. The Morgan fingerprint density at radius 1 is 1.03 bits per heavy atom. The maximum absolute atomic E-state index is 12.7. The number of carbonyl (C=O) groups excluding carboxylic acids is 1. The number of benzene rings is 3. The Hall–Kier alpha value is -4.51. The quantitative estimate of drug-likeness (QED) is 0.0970. The number of carbonyl (C=O) groups is 1. The van der Waals surface area contributed by atoms with Crippen LogP contribution >= 0.6 is 11.8 Å². The van der Waals surface area contributed by atoms with Gasteiger partial charge in [-0.2, -0.15) is 5.10 Å². The zero-order valence-corrected chi connectivity index (χ0v) is 19.4. The van der Waals surface area contributed by atoms with Gasteiger partial charge in [-0.15, -0.1) is 10.2 Å². The van der Waals surface area contributed by atoms with Gasteiger partial charge in [-0.1, -0.05) is 60.7 Å². The van der Waals surface area contributed by atoms with Gasteiger partial charge in [0.2, 0.25) is 10.2 Å². The van der Waals surface area contributed by atoms with Crippen molar-refractivity contribution in [1.29, 1.82) is 0 Å². The van der Waals surface area contributed by atoms with Gasteiger partial charge in [0.05, 0.1) is 11.5 Å². The molecular formula is C24H20N6O4S. The third-order valence-corrected chi connectivity index (χ3v) is 5.59. The molecule has 1 N–H and O–H groups in total. The van der Waals surface area contributed by atoms with Gasteiger partial charge in [0.15, 0.2) is 5.82 Å². The van der Waals surface area contributed by atoms with Gasteiger partial charge in [-0.05, 0) is 36.9 Å². The highest BCUT2D eigenvalue weighted by Gasteiger charge is 2.23. The molecule has 176 valence electrons. The van der Waals surface area contributed by atoms with E-state index in [4.69, 9.17) is 4.74 Å². The zero-order valence-electron chi connectivity index (χ0n) is 18.6. The number of nitrogens with one attached hydrogen (secondary N) is 1. The molecule has 3 aromatic carbocycles. The number of anilines is 1. The summed E-state index contributed by atoms with van der Waals surface area (Å²) in [6.45, 7) is 1.81. The Kier molecular flexibility index (Phi) is 7.48. The molecule has 35 heavy (non-hydrogen) atoms. The normalized spacial score (nSPS) is 11.2. The fraction of sp³-hybridized carbons (Fsp3) is 0.0833. The molecule has 0 fully saturated rings. The van der Waals surface area contributed by atoms with Gasteiger partial charge >= 0.3 is 5.97 Å². The van der Waals surface area contributed by atoms with Crippen LogP contribution in [0.25, 0.3) is 17.1 Å². The molecule has 1 aromatic heterocycles. The van der Waals surface area contributed by atoms with Crippen molar-refractivity contribution in [3.8, 4) is 17.1 Å². The first-order chi connectivity index (χ1) is 17.1. The summed E-state index contributed by atoms with van der Waals surface area (Å²) in [5, 5.41) is 24.4. The maximum atomic E-state index is 12.7. The van der Waals surface area contributed by atoms with Gasteiger partial charge in [0, 0.05) is 17.3 Å². The van der Waals surface area contributed by atoms with Crippen molar-refractivity contribution in [2.24, 2.45) is 5.10 Å². The Balaban J connectivity index is 1.75. The number of hydrazone groups is 1. The van der Waals surface area contributed by atoms with Gasteiger partial charge in [0.25, 0.3) is 5.69 Å². The van der Waals surface area contributed by atoms with Crippen LogP contribution in [-0.4, -0.2) is 37.3 Å². The monoisotopic (exact) mass is 488 g/mol. The predicted molar refractivity (Wildman–Crippen MR) is 133 cm³/mol. The molecule has 4 aromatic rings. The summed E-state index contributed by atoms with van der Waals surface area (Å²) in [5.74, 6) is -0.123. The lowest BCUT2D eigenvalue weighted by Gasteiger charge is -2.11. The fourth-order valence-corrected chi connectivity index (χ4v) is 3.92. The van der Waals surface area contributed by atoms with Crippen molar-refractivity contribution in [1.82, 2.24) is 14.8 Å². The number of hydrogen-bond acceptors (Lipinski definition) is 9. The molecule has 0 saturated heterocycles. The molecule has 1 heterocycles. The lowest BCUT2D eigenvalue weighted by Crippen LogP contribution is -2.17. The number of nitro groups is 1. The highest BCUT2D eigenvalue weighted by atomic mass is 32.2. The van der Waals surface area contributed by atoms with E-state index in [9.17, 15) is 14.9 Å². The summed E-state index contributed by atoms with van der Waals surface area (Å²) in [7, 11) is 0. The van der Waals surface area contributed by atoms with Crippen LogP contribution in [-0.2, 0) is 9.53 Å². The number of esters is 1. The molecule has 0 unspecified atom stereocenters. The highest BCUT2D eigenvalue weighted by molar-refractivity contribution is 8.15. The lowest BCUT2D eigenvalue weighted by molar-refractivity contribution is -0.384. The maximum Gasteiger partial charge on any atom is 0.365 e. The predicted octanol–water partition coefficient (Wildman–Crippen LogP) is 4.92. The van der Waals surface area contributed by atoms with Gasteiger partial charge in [0.1, 0.15) is 5.69 Å². The summed E-state index contributed by atoms with van der Waals surface area (Å²) in [6, 6.07) is 25.0. The number of ether oxygens (including phenoxy) is 1. The van der Waals surface area contributed by atoms with E-state index in [-0.39, 0.29) is 23.0 Å². The highest BCUT2D eigenvalue weighted by Crippen LogP contribution is 2.29. The van der Waals surface area contributed by atoms with E-state index in [0.717, 1.165) is 23.0 Å². The first-order valence-corrected chi connectivity index (χ1v) is 11.4. The Labute approximate surface area is 204 Å². The minimum absolute atomic E-state index is 0.0887. The number of nitro benzene ring substituents is 1. The fourth-order valence-electron chi connectivity index (χ4n) is 3.15. The molecule has 11 heteroatoms. The van der Waals surface area contributed by atoms with Crippen molar-refractivity contribution in [3.05, 3.63) is 95.0 Å². The molecule has 0 amide bonds. The molecule has 0 spiro atoms. The van der Waals surface area contributed by atoms with E-state index in [1.54, 1.807) is 23.6 Å². The minimum atomic E-state index is -0.701. The number of aromatic nitrogens is 3. The molecule has 0 bridgehead atoms. The first kappa shape index (κ1) is 23.6. The van der Waals surface area contributed by atoms with Crippen LogP contribution in [0.15, 0.2) is 95.2 Å². The molecule has 0 aliphatic rings. The number of rotatable bonds is 7. The van der Waals surface area contributed by atoms with Crippen LogP contribution in [0.4, 0.5) is 11.4 Å². The van der Waals surface area contributed by atoms with Gasteiger partial charge < -0.3 is 4.74 Å². The standard InChI is InChI=1S/C24H20N6O4S/c1-2-34-23(31)22(27-25-19-15-9-10-16-20(19)30(32)33)35-24-28-26-21(17-11-5-3-6-12-17)29(24)18-13-7-4-8-14-18/h3-16,25H,2H2,1H3/b27-22+. The average Bonchev–Trinajstić information content (AvgIpc) is 3.31. The number of nitrogens with zero attached hydrogens (tertiary/aromatic N) is 5. The second-order valence-electron chi connectivity index (χ2n) is 6.97. The third kappa shape index (κ3) is 5.53. The van der Waals surface area contributed by atoms with Crippen LogP contribution in [0, 0.1) is 10.1 Å². The molecule has 4 rings (SSSR count). The summed E-state index contributed by atoms with van der Waals surface area (Å²) in [6.07, 6.45) is 0. The van der Waals surface area contributed by atoms with E-state index >= 15 is 0 Å². The molecule has 0 aliphatic heterocycles. The van der Waals surface area contributed by atoms with Crippen molar-refractivity contribution < 1.29 is 14.5 Å². The van der Waals surface area contributed by atoms with Crippen LogP contribution < -0.4 is 5.43 Å². The Bertz CT molecular complexity index is 1360.